The summed E-state index contributed by atoms with van der Waals surface area (Å²) in [5, 5.41) is 10.9. The van der Waals surface area contributed by atoms with Crippen molar-refractivity contribution >= 4 is 17.3 Å². The van der Waals surface area contributed by atoms with E-state index in [0.717, 1.165) is 10.4 Å². The number of rotatable bonds is 5. The fourth-order valence-electron chi connectivity index (χ4n) is 1.95. The van der Waals surface area contributed by atoms with Crippen LogP contribution >= 0.6 is 11.3 Å². The monoisotopic (exact) mass is 264 g/mol. The Morgan fingerprint density at radius 1 is 1.33 bits per heavy atom. The highest BCUT2D eigenvalue weighted by molar-refractivity contribution is 7.09. The Labute approximate surface area is 109 Å². The summed E-state index contributed by atoms with van der Waals surface area (Å²) in [6, 6.07) is 10.1. The van der Waals surface area contributed by atoms with Gasteiger partial charge in [0.2, 0.25) is 0 Å². The number of carboxylic acids is 1. The van der Waals surface area contributed by atoms with Crippen molar-refractivity contribution in [1.82, 2.24) is 0 Å². The van der Waals surface area contributed by atoms with Crippen LogP contribution in [0, 0.1) is 5.82 Å². The van der Waals surface area contributed by atoms with Crippen LogP contribution in [0.25, 0.3) is 0 Å². The molecule has 0 spiro atoms. The third-order valence-electron chi connectivity index (χ3n) is 2.77. The van der Waals surface area contributed by atoms with Crippen molar-refractivity contribution in [1.29, 1.82) is 0 Å². The SMILES string of the molecule is O=C(O)CC(Cc1cccs1)c1cccc(F)c1. The largest absolute Gasteiger partial charge is 0.481 e. The Balaban J connectivity index is 2.21. The van der Waals surface area contributed by atoms with Crippen LogP contribution in [-0.2, 0) is 11.2 Å². The normalized spacial score (nSPS) is 12.3. The third kappa shape index (κ3) is 3.40. The second kappa shape index (κ2) is 5.78. The lowest BCUT2D eigenvalue weighted by molar-refractivity contribution is -0.137. The number of halogens is 1. The quantitative estimate of drug-likeness (QED) is 0.894. The molecule has 2 nitrogen and oxygen atoms in total. The number of carboxylic acid groups (broad SMARTS) is 1. The summed E-state index contributed by atoms with van der Waals surface area (Å²) in [5.74, 6) is -1.37. The first kappa shape index (κ1) is 12.8. The van der Waals surface area contributed by atoms with Gasteiger partial charge in [0, 0.05) is 4.88 Å². The zero-order valence-electron chi connectivity index (χ0n) is 9.67. The van der Waals surface area contributed by atoms with E-state index in [2.05, 4.69) is 0 Å². The van der Waals surface area contributed by atoms with Crippen molar-refractivity contribution < 1.29 is 14.3 Å². The zero-order valence-corrected chi connectivity index (χ0v) is 10.5. The number of hydrogen-bond donors (Lipinski definition) is 1. The molecule has 0 amide bonds. The van der Waals surface area contributed by atoms with Gasteiger partial charge >= 0.3 is 5.97 Å². The molecule has 1 aromatic heterocycles. The topological polar surface area (TPSA) is 37.3 Å². The fraction of sp³-hybridized carbons (Fsp3) is 0.214. The van der Waals surface area contributed by atoms with Gasteiger partial charge in [-0.2, -0.15) is 0 Å². The first-order valence-electron chi connectivity index (χ1n) is 5.65. The Kier molecular flexibility index (Phi) is 4.10. The minimum absolute atomic E-state index is 0.0152. The zero-order chi connectivity index (χ0) is 13.0. The van der Waals surface area contributed by atoms with Crippen molar-refractivity contribution in [3.05, 3.63) is 58.0 Å². The predicted molar refractivity (Wildman–Crippen MR) is 69.4 cm³/mol. The van der Waals surface area contributed by atoms with Gasteiger partial charge in [-0.1, -0.05) is 18.2 Å². The van der Waals surface area contributed by atoms with Gasteiger partial charge in [-0.15, -0.1) is 11.3 Å². The average Bonchev–Trinajstić information content (AvgIpc) is 2.80. The van der Waals surface area contributed by atoms with E-state index in [0.29, 0.717) is 6.42 Å². The molecule has 1 heterocycles. The number of benzene rings is 1. The summed E-state index contributed by atoms with van der Waals surface area (Å²) in [7, 11) is 0. The summed E-state index contributed by atoms with van der Waals surface area (Å²) in [5.41, 5.74) is 0.741. The molecule has 0 aliphatic heterocycles. The number of thiophene rings is 1. The van der Waals surface area contributed by atoms with Crippen molar-refractivity contribution in [2.75, 3.05) is 0 Å². The maximum Gasteiger partial charge on any atom is 0.303 e. The van der Waals surface area contributed by atoms with Crippen LogP contribution in [0.1, 0.15) is 22.8 Å². The molecule has 0 saturated heterocycles. The second-order valence-corrected chi connectivity index (χ2v) is 5.17. The van der Waals surface area contributed by atoms with Gasteiger partial charge in [0.25, 0.3) is 0 Å². The molecule has 1 unspecified atom stereocenters. The molecule has 18 heavy (non-hydrogen) atoms. The molecule has 4 heteroatoms. The molecule has 94 valence electrons. The standard InChI is InChI=1S/C14H13FO2S/c15-12-4-1-3-10(7-12)11(9-14(16)17)8-13-5-2-6-18-13/h1-7,11H,8-9H2,(H,16,17). The molecule has 0 aliphatic carbocycles. The third-order valence-corrected chi connectivity index (χ3v) is 3.67. The van der Waals surface area contributed by atoms with Crippen LogP contribution in [0.4, 0.5) is 4.39 Å². The highest BCUT2D eigenvalue weighted by atomic mass is 32.1. The Morgan fingerprint density at radius 2 is 2.17 bits per heavy atom. The van der Waals surface area contributed by atoms with Gasteiger partial charge in [-0.25, -0.2) is 4.39 Å². The lowest BCUT2D eigenvalue weighted by atomic mass is 9.92. The van der Waals surface area contributed by atoms with Gasteiger partial charge < -0.3 is 5.11 Å². The van der Waals surface area contributed by atoms with E-state index in [9.17, 15) is 9.18 Å². The molecule has 2 rings (SSSR count). The molecule has 1 N–H and O–H groups in total. The Hall–Kier alpha value is -1.68. The van der Waals surface area contributed by atoms with Gasteiger partial charge in [0.05, 0.1) is 6.42 Å². The molecular formula is C14H13FO2S. The van der Waals surface area contributed by atoms with Crippen LogP contribution in [0.3, 0.4) is 0 Å². The Bertz CT molecular complexity index is 522. The van der Waals surface area contributed by atoms with E-state index in [1.807, 2.05) is 17.5 Å². The molecule has 0 bridgehead atoms. The molecule has 0 aliphatic rings. The van der Waals surface area contributed by atoms with E-state index in [4.69, 9.17) is 5.11 Å². The van der Waals surface area contributed by atoms with Crippen molar-refractivity contribution in [3.8, 4) is 0 Å². The molecule has 0 radical (unpaired) electrons. The minimum atomic E-state index is -0.860. The van der Waals surface area contributed by atoms with Crippen LogP contribution in [-0.4, -0.2) is 11.1 Å². The average molecular weight is 264 g/mol. The van der Waals surface area contributed by atoms with E-state index < -0.39 is 5.97 Å². The minimum Gasteiger partial charge on any atom is -0.481 e. The summed E-state index contributed by atoms with van der Waals surface area (Å²) in [4.78, 5) is 12.0. The second-order valence-electron chi connectivity index (χ2n) is 4.13. The van der Waals surface area contributed by atoms with E-state index >= 15 is 0 Å². The molecule has 0 saturated carbocycles. The van der Waals surface area contributed by atoms with E-state index in [1.54, 1.807) is 23.5 Å². The molecule has 0 fully saturated rings. The lowest BCUT2D eigenvalue weighted by Crippen LogP contribution is -2.09. The fourth-order valence-corrected chi connectivity index (χ4v) is 2.74. The van der Waals surface area contributed by atoms with Crippen molar-refractivity contribution in [2.24, 2.45) is 0 Å². The van der Waals surface area contributed by atoms with E-state index in [-0.39, 0.29) is 18.2 Å². The summed E-state index contributed by atoms with van der Waals surface area (Å²) < 4.78 is 13.2. The molecular weight excluding hydrogens is 251 g/mol. The first-order valence-corrected chi connectivity index (χ1v) is 6.53. The first-order chi connectivity index (χ1) is 8.65. The smallest absolute Gasteiger partial charge is 0.303 e. The van der Waals surface area contributed by atoms with Crippen LogP contribution < -0.4 is 0 Å². The van der Waals surface area contributed by atoms with Crippen LogP contribution in [0.2, 0.25) is 0 Å². The van der Waals surface area contributed by atoms with Gasteiger partial charge in [0.1, 0.15) is 5.82 Å². The van der Waals surface area contributed by atoms with Gasteiger partial charge in [-0.3, -0.25) is 4.79 Å². The number of hydrogen-bond acceptors (Lipinski definition) is 2. The van der Waals surface area contributed by atoms with Crippen LogP contribution in [0.15, 0.2) is 41.8 Å². The number of aliphatic carboxylic acids is 1. The maximum atomic E-state index is 13.2. The van der Waals surface area contributed by atoms with Crippen molar-refractivity contribution in [2.45, 2.75) is 18.8 Å². The highest BCUT2D eigenvalue weighted by Gasteiger charge is 2.17. The molecule has 2 aromatic rings. The maximum absolute atomic E-state index is 13.2. The van der Waals surface area contributed by atoms with Crippen LogP contribution in [0.5, 0.6) is 0 Å². The summed E-state index contributed by atoms with van der Waals surface area (Å²) in [6.07, 6.45) is 0.648. The lowest BCUT2D eigenvalue weighted by Gasteiger charge is -2.14. The molecule has 1 atom stereocenters. The van der Waals surface area contributed by atoms with Gasteiger partial charge in [-0.05, 0) is 41.5 Å². The Morgan fingerprint density at radius 3 is 2.78 bits per heavy atom. The summed E-state index contributed by atoms with van der Waals surface area (Å²) in [6.45, 7) is 0. The highest BCUT2D eigenvalue weighted by Crippen LogP contribution is 2.26. The number of carbonyl (C=O) groups is 1. The molecule has 1 aromatic carbocycles. The van der Waals surface area contributed by atoms with E-state index in [1.165, 1.54) is 12.1 Å². The predicted octanol–water partition coefficient (Wildman–Crippen LogP) is 3.69. The summed E-state index contributed by atoms with van der Waals surface area (Å²) >= 11 is 1.59. The van der Waals surface area contributed by atoms with Gasteiger partial charge in [0.15, 0.2) is 0 Å². The van der Waals surface area contributed by atoms with Crippen molar-refractivity contribution in [3.63, 3.8) is 0 Å².